The number of thiophene rings is 1. The summed E-state index contributed by atoms with van der Waals surface area (Å²) in [5.41, 5.74) is 1.76. The molecule has 0 aliphatic carbocycles. The van der Waals surface area contributed by atoms with Crippen LogP contribution in [0.5, 0.6) is 0 Å². The SMILES string of the molecule is O=C(CCCn1c(SCc2cccc(Cl)c2)nc2c(sc3ccccc32)c1=O)NC[C@H]1CCCO1. The van der Waals surface area contributed by atoms with Gasteiger partial charge >= 0.3 is 0 Å². The lowest BCUT2D eigenvalue weighted by atomic mass is 10.2. The molecule has 1 fully saturated rings. The van der Waals surface area contributed by atoms with E-state index >= 15 is 0 Å². The molecule has 4 aromatic rings. The van der Waals surface area contributed by atoms with Crippen molar-refractivity contribution in [2.75, 3.05) is 13.2 Å². The van der Waals surface area contributed by atoms with Crippen LogP contribution in [0, 0.1) is 0 Å². The molecular formula is C26H26ClN3O3S2. The first-order chi connectivity index (χ1) is 17.1. The van der Waals surface area contributed by atoms with Gasteiger partial charge in [-0.05, 0) is 43.0 Å². The molecule has 0 spiro atoms. The summed E-state index contributed by atoms with van der Waals surface area (Å²) < 4.78 is 8.99. The Balaban J connectivity index is 1.36. The van der Waals surface area contributed by atoms with Crippen LogP contribution < -0.4 is 10.9 Å². The number of aromatic nitrogens is 2. The Morgan fingerprint density at radius 3 is 2.97 bits per heavy atom. The molecule has 1 aliphatic rings. The van der Waals surface area contributed by atoms with E-state index < -0.39 is 0 Å². The Bertz CT molecular complexity index is 1410. The van der Waals surface area contributed by atoms with Gasteiger partial charge in [0.2, 0.25) is 5.91 Å². The van der Waals surface area contributed by atoms with Crippen molar-refractivity contribution in [3.8, 4) is 0 Å². The lowest BCUT2D eigenvalue weighted by Crippen LogP contribution is -2.32. The van der Waals surface area contributed by atoms with Crippen LogP contribution >= 0.6 is 34.7 Å². The predicted octanol–water partition coefficient (Wildman–Crippen LogP) is 5.63. The Morgan fingerprint density at radius 1 is 1.26 bits per heavy atom. The highest BCUT2D eigenvalue weighted by atomic mass is 35.5. The van der Waals surface area contributed by atoms with Gasteiger partial charge in [-0.2, -0.15) is 0 Å². The van der Waals surface area contributed by atoms with Crippen LogP contribution in [0.2, 0.25) is 5.02 Å². The van der Waals surface area contributed by atoms with Gasteiger partial charge in [0.15, 0.2) is 5.16 Å². The van der Waals surface area contributed by atoms with E-state index in [-0.39, 0.29) is 17.6 Å². The third-order valence-corrected chi connectivity index (χ3v) is 8.47. The molecule has 0 bridgehead atoms. The highest BCUT2D eigenvalue weighted by molar-refractivity contribution is 7.98. The molecule has 0 unspecified atom stereocenters. The van der Waals surface area contributed by atoms with E-state index in [9.17, 15) is 9.59 Å². The summed E-state index contributed by atoms with van der Waals surface area (Å²) in [6.07, 6.45) is 3.06. The largest absolute Gasteiger partial charge is 0.376 e. The number of ether oxygens (including phenoxy) is 1. The zero-order valence-corrected chi connectivity index (χ0v) is 21.6. The smallest absolute Gasteiger partial charge is 0.272 e. The van der Waals surface area contributed by atoms with E-state index in [1.54, 1.807) is 4.57 Å². The molecule has 1 saturated heterocycles. The maximum absolute atomic E-state index is 13.5. The quantitative estimate of drug-likeness (QED) is 0.225. The number of benzene rings is 2. The third-order valence-electron chi connectivity index (χ3n) is 6.04. The topological polar surface area (TPSA) is 73.2 Å². The number of nitrogens with one attached hydrogen (secondary N) is 1. The van der Waals surface area contributed by atoms with Crippen LogP contribution in [0.4, 0.5) is 0 Å². The average Bonchev–Trinajstić information content (AvgIpc) is 3.51. The number of thioether (sulfide) groups is 1. The zero-order chi connectivity index (χ0) is 24.2. The second-order valence-electron chi connectivity index (χ2n) is 8.59. The fourth-order valence-electron chi connectivity index (χ4n) is 4.25. The number of fused-ring (bicyclic) bond motifs is 3. The number of nitrogens with zero attached hydrogens (tertiary/aromatic N) is 2. The van der Waals surface area contributed by atoms with Crippen molar-refractivity contribution in [2.45, 2.75) is 49.2 Å². The predicted molar refractivity (Wildman–Crippen MR) is 144 cm³/mol. The Labute approximate surface area is 216 Å². The number of carbonyl (C=O) groups is 1. The third kappa shape index (κ3) is 5.72. The number of amides is 1. The van der Waals surface area contributed by atoms with Crippen LogP contribution in [0.25, 0.3) is 20.3 Å². The van der Waals surface area contributed by atoms with Crippen molar-refractivity contribution in [1.29, 1.82) is 0 Å². The van der Waals surface area contributed by atoms with Gasteiger partial charge in [0.25, 0.3) is 5.56 Å². The maximum atomic E-state index is 13.5. The molecular weight excluding hydrogens is 502 g/mol. The molecule has 35 heavy (non-hydrogen) atoms. The van der Waals surface area contributed by atoms with Gasteiger partial charge in [-0.25, -0.2) is 4.98 Å². The van der Waals surface area contributed by atoms with Gasteiger partial charge in [-0.15, -0.1) is 11.3 Å². The number of rotatable bonds is 9. The monoisotopic (exact) mass is 527 g/mol. The molecule has 1 N–H and O–H groups in total. The molecule has 9 heteroatoms. The molecule has 5 rings (SSSR count). The highest BCUT2D eigenvalue weighted by Crippen LogP contribution is 2.32. The van der Waals surface area contributed by atoms with Crippen LogP contribution in [0.3, 0.4) is 0 Å². The number of hydrogen-bond donors (Lipinski definition) is 1. The number of carbonyl (C=O) groups excluding carboxylic acids is 1. The van der Waals surface area contributed by atoms with Crippen molar-refractivity contribution < 1.29 is 9.53 Å². The summed E-state index contributed by atoms with van der Waals surface area (Å²) in [5.74, 6) is 0.625. The summed E-state index contributed by atoms with van der Waals surface area (Å²) in [7, 11) is 0. The number of halogens is 1. The van der Waals surface area contributed by atoms with Crippen LogP contribution in [0.1, 0.15) is 31.2 Å². The second kappa shape index (κ2) is 11.1. The van der Waals surface area contributed by atoms with Crippen molar-refractivity contribution in [3.05, 3.63) is 69.5 Å². The first-order valence-electron chi connectivity index (χ1n) is 11.8. The van der Waals surface area contributed by atoms with Crippen LogP contribution in [-0.4, -0.2) is 34.7 Å². The zero-order valence-electron chi connectivity index (χ0n) is 19.2. The summed E-state index contributed by atoms with van der Waals surface area (Å²) in [5, 5.41) is 5.29. The van der Waals surface area contributed by atoms with Gasteiger partial charge < -0.3 is 10.1 Å². The lowest BCUT2D eigenvalue weighted by molar-refractivity contribution is -0.121. The molecule has 2 aromatic heterocycles. The molecule has 0 radical (unpaired) electrons. The van der Waals surface area contributed by atoms with E-state index in [2.05, 4.69) is 5.32 Å². The minimum atomic E-state index is -0.0513. The van der Waals surface area contributed by atoms with Gasteiger partial charge in [0, 0.05) is 47.0 Å². The maximum Gasteiger partial charge on any atom is 0.272 e. The fraction of sp³-hybridized carbons (Fsp3) is 0.346. The van der Waals surface area contributed by atoms with Crippen LogP contribution in [-0.2, 0) is 21.8 Å². The van der Waals surface area contributed by atoms with Crippen molar-refractivity contribution in [1.82, 2.24) is 14.9 Å². The Kier molecular flexibility index (Phi) is 7.72. The molecule has 2 aromatic carbocycles. The first kappa shape index (κ1) is 24.3. The average molecular weight is 528 g/mol. The standard InChI is InChI=1S/C26H26ClN3O3S2/c27-18-7-3-6-17(14-18)16-34-26-29-23-20-9-1-2-10-21(20)35-24(23)25(32)30(26)12-4-11-22(31)28-15-19-8-5-13-33-19/h1-3,6-7,9-10,14,19H,4-5,8,11-13,15-16H2,(H,28,31)/t19-/m1/s1. The van der Waals surface area contributed by atoms with Crippen molar-refractivity contribution in [2.24, 2.45) is 0 Å². The Hall–Kier alpha value is -2.39. The van der Waals surface area contributed by atoms with E-state index in [1.165, 1.54) is 23.1 Å². The molecule has 1 amide bonds. The molecule has 0 saturated carbocycles. The summed E-state index contributed by atoms with van der Waals surface area (Å²) in [4.78, 5) is 30.8. The van der Waals surface area contributed by atoms with E-state index in [0.717, 1.165) is 40.6 Å². The van der Waals surface area contributed by atoms with Gasteiger partial charge in [0.1, 0.15) is 4.70 Å². The summed E-state index contributed by atoms with van der Waals surface area (Å²) in [6.45, 7) is 1.75. The van der Waals surface area contributed by atoms with Crippen molar-refractivity contribution in [3.63, 3.8) is 0 Å². The lowest BCUT2D eigenvalue weighted by Gasteiger charge is -2.13. The van der Waals surface area contributed by atoms with Gasteiger partial charge in [-0.3, -0.25) is 14.2 Å². The van der Waals surface area contributed by atoms with Gasteiger partial charge in [0.05, 0.1) is 11.6 Å². The normalized spacial score (nSPS) is 15.7. The molecule has 1 aliphatic heterocycles. The highest BCUT2D eigenvalue weighted by Gasteiger charge is 2.18. The molecule has 3 heterocycles. The fourth-order valence-corrected chi connectivity index (χ4v) is 6.52. The van der Waals surface area contributed by atoms with E-state index in [4.69, 9.17) is 21.3 Å². The summed E-state index contributed by atoms with van der Waals surface area (Å²) >= 11 is 9.14. The van der Waals surface area contributed by atoms with Crippen molar-refractivity contribution >= 4 is 60.9 Å². The molecule has 182 valence electrons. The molecule has 6 nitrogen and oxygen atoms in total. The minimum Gasteiger partial charge on any atom is -0.376 e. The minimum absolute atomic E-state index is 0.0161. The van der Waals surface area contributed by atoms with E-state index in [0.29, 0.717) is 46.6 Å². The molecule has 1 atom stereocenters. The Morgan fingerprint density at radius 2 is 2.14 bits per heavy atom. The first-order valence-corrected chi connectivity index (χ1v) is 13.9. The number of hydrogen-bond acceptors (Lipinski definition) is 6. The second-order valence-corrected chi connectivity index (χ2v) is 11.0. The van der Waals surface area contributed by atoms with Crippen LogP contribution in [0.15, 0.2) is 58.5 Å². The van der Waals surface area contributed by atoms with E-state index in [1.807, 2.05) is 48.5 Å². The summed E-state index contributed by atoms with van der Waals surface area (Å²) in [6, 6.07) is 15.7. The van der Waals surface area contributed by atoms with Gasteiger partial charge in [-0.1, -0.05) is 53.7 Å².